The van der Waals surface area contributed by atoms with E-state index in [1.165, 1.54) is 17.5 Å². The molecule has 160 valence electrons. The van der Waals surface area contributed by atoms with Crippen LogP contribution < -0.4 is 10.1 Å². The highest BCUT2D eigenvalue weighted by Gasteiger charge is 2.44. The number of methoxy groups -OCH3 is 1. The number of urea groups is 1. The first-order valence-corrected chi connectivity index (χ1v) is 10.8. The SMILES string of the molecule is COc1ccc2c(c1)CCN1C[C@H]3CCCN(C(=O)Nc4ccccc4)[C@H]3C[C@@H]21.Cl. The van der Waals surface area contributed by atoms with Crippen LogP contribution in [0.2, 0.25) is 0 Å². The molecule has 0 radical (unpaired) electrons. The number of carbonyl (C=O) groups excluding carboxylic acids is 1. The maximum atomic E-state index is 13.1. The standard InChI is InChI=1S/C24H29N3O2.ClH/c1-29-20-9-10-21-17(14-20)11-13-26-16-18-6-5-12-27(22(18)15-23(21)26)24(28)25-19-7-3-2-4-8-19;/h2-4,7-10,14,18,22-23H,5-6,11-13,15-16H2,1H3,(H,25,28);1H/t18-,22+,23+;/m1./s1. The molecule has 5 nitrogen and oxygen atoms in total. The van der Waals surface area contributed by atoms with E-state index in [1.807, 2.05) is 30.3 Å². The lowest BCUT2D eigenvalue weighted by molar-refractivity contribution is 0.00824. The number of carbonyl (C=O) groups is 1. The molecule has 0 bridgehead atoms. The number of para-hydroxylation sites is 1. The molecular formula is C24H30ClN3O2. The third-order valence-corrected chi connectivity index (χ3v) is 6.96. The molecule has 6 heteroatoms. The van der Waals surface area contributed by atoms with Gasteiger partial charge in [0.1, 0.15) is 5.75 Å². The van der Waals surface area contributed by atoms with Crippen molar-refractivity contribution >= 4 is 24.1 Å². The van der Waals surface area contributed by atoms with Crippen molar-refractivity contribution in [3.8, 4) is 5.75 Å². The van der Waals surface area contributed by atoms with E-state index in [4.69, 9.17) is 4.74 Å². The minimum Gasteiger partial charge on any atom is -0.497 e. The van der Waals surface area contributed by atoms with Crippen LogP contribution in [0.15, 0.2) is 48.5 Å². The maximum absolute atomic E-state index is 13.1. The highest BCUT2D eigenvalue weighted by Crippen LogP contribution is 2.43. The van der Waals surface area contributed by atoms with Gasteiger partial charge in [0.2, 0.25) is 0 Å². The molecule has 1 N–H and O–H groups in total. The molecule has 0 aliphatic carbocycles. The van der Waals surface area contributed by atoms with Crippen molar-refractivity contribution in [2.24, 2.45) is 5.92 Å². The van der Waals surface area contributed by atoms with Crippen LogP contribution in [0.3, 0.4) is 0 Å². The predicted molar refractivity (Wildman–Crippen MR) is 122 cm³/mol. The molecule has 2 fully saturated rings. The Morgan fingerprint density at radius 2 is 1.97 bits per heavy atom. The van der Waals surface area contributed by atoms with Crippen LogP contribution in [-0.2, 0) is 6.42 Å². The molecule has 3 heterocycles. The molecule has 0 spiro atoms. The Balaban J connectivity index is 0.00000218. The van der Waals surface area contributed by atoms with Crippen LogP contribution >= 0.6 is 12.4 Å². The van der Waals surface area contributed by atoms with Crippen molar-refractivity contribution < 1.29 is 9.53 Å². The first kappa shape index (κ1) is 21.0. The van der Waals surface area contributed by atoms with Gasteiger partial charge in [0.15, 0.2) is 0 Å². The Kier molecular flexibility index (Phi) is 6.21. The molecule has 3 aliphatic rings. The molecule has 0 saturated carbocycles. The number of ether oxygens (including phenoxy) is 1. The summed E-state index contributed by atoms with van der Waals surface area (Å²) in [7, 11) is 1.73. The van der Waals surface area contributed by atoms with Crippen LogP contribution in [0.5, 0.6) is 5.75 Å². The minimum absolute atomic E-state index is 0. The van der Waals surface area contributed by atoms with Gasteiger partial charge in [0, 0.05) is 37.4 Å². The summed E-state index contributed by atoms with van der Waals surface area (Å²) in [6.07, 6.45) is 4.42. The van der Waals surface area contributed by atoms with Crippen molar-refractivity contribution in [3.05, 3.63) is 59.7 Å². The monoisotopic (exact) mass is 427 g/mol. The third-order valence-electron chi connectivity index (χ3n) is 6.96. The number of nitrogens with one attached hydrogen (secondary N) is 1. The second kappa shape index (κ2) is 8.86. The summed E-state index contributed by atoms with van der Waals surface area (Å²) in [6.45, 7) is 3.04. The Labute approximate surface area is 184 Å². The number of nitrogens with zero attached hydrogens (tertiary/aromatic N) is 2. The third kappa shape index (κ3) is 3.88. The largest absolute Gasteiger partial charge is 0.497 e. The van der Waals surface area contributed by atoms with E-state index in [2.05, 4.69) is 33.3 Å². The molecule has 30 heavy (non-hydrogen) atoms. The number of amides is 2. The molecule has 5 rings (SSSR count). The molecule has 2 aromatic rings. The molecule has 0 aromatic heterocycles. The van der Waals surface area contributed by atoms with Gasteiger partial charge in [0.25, 0.3) is 0 Å². The minimum atomic E-state index is 0. The zero-order chi connectivity index (χ0) is 19.8. The summed E-state index contributed by atoms with van der Waals surface area (Å²) in [5.41, 5.74) is 3.69. The van der Waals surface area contributed by atoms with E-state index >= 15 is 0 Å². The highest BCUT2D eigenvalue weighted by molar-refractivity contribution is 5.89. The second-order valence-corrected chi connectivity index (χ2v) is 8.52. The number of piperidine rings is 2. The number of hydrogen-bond acceptors (Lipinski definition) is 3. The van der Waals surface area contributed by atoms with Crippen molar-refractivity contribution in [2.75, 3.05) is 32.1 Å². The van der Waals surface area contributed by atoms with Gasteiger partial charge in [-0.3, -0.25) is 4.90 Å². The molecular weight excluding hydrogens is 398 g/mol. The fraction of sp³-hybridized carbons (Fsp3) is 0.458. The number of fused-ring (bicyclic) bond motifs is 4. The van der Waals surface area contributed by atoms with Gasteiger partial charge in [-0.2, -0.15) is 0 Å². The Hall–Kier alpha value is -2.24. The van der Waals surface area contributed by atoms with Gasteiger partial charge in [-0.25, -0.2) is 4.79 Å². The normalized spacial score (nSPS) is 25.2. The lowest BCUT2D eigenvalue weighted by Gasteiger charge is -2.52. The number of halogens is 1. The first-order valence-electron chi connectivity index (χ1n) is 10.8. The Morgan fingerprint density at radius 3 is 2.77 bits per heavy atom. The van der Waals surface area contributed by atoms with Crippen molar-refractivity contribution in [1.82, 2.24) is 9.80 Å². The van der Waals surface area contributed by atoms with Crippen molar-refractivity contribution in [2.45, 2.75) is 37.8 Å². The van der Waals surface area contributed by atoms with Crippen LogP contribution in [0, 0.1) is 5.92 Å². The van der Waals surface area contributed by atoms with Gasteiger partial charge < -0.3 is 15.0 Å². The van der Waals surface area contributed by atoms with E-state index in [9.17, 15) is 4.79 Å². The summed E-state index contributed by atoms with van der Waals surface area (Å²) in [4.78, 5) is 17.9. The Bertz CT molecular complexity index is 891. The molecule has 3 atom stereocenters. The van der Waals surface area contributed by atoms with Gasteiger partial charge in [-0.15, -0.1) is 12.4 Å². The van der Waals surface area contributed by atoms with Gasteiger partial charge in [0.05, 0.1) is 7.11 Å². The van der Waals surface area contributed by atoms with Gasteiger partial charge in [-0.1, -0.05) is 24.3 Å². The summed E-state index contributed by atoms with van der Waals surface area (Å²) in [5.74, 6) is 1.51. The average molecular weight is 428 g/mol. The van der Waals surface area contributed by atoms with E-state index in [-0.39, 0.29) is 18.4 Å². The summed E-state index contributed by atoms with van der Waals surface area (Å²) < 4.78 is 5.43. The maximum Gasteiger partial charge on any atom is 0.322 e. The summed E-state index contributed by atoms with van der Waals surface area (Å²) in [5, 5.41) is 3.11. The molecule has 0 unspecified atom stereocenters. The lowest BCUT2D eigenvalue weighted by atomic mass is 9.76. The van der Waals surface area contributed by atoms with Crippen LogP contribution in [0.1, 0.15) is 36.4 Å². The fourth-order valence-electron chi connectivity index (χ4n) is 5.53. The van der Waals surface area contributed by atoms with E-state index in [1.54, 1.807) is 7.11 Å². The smallest absolute Gasteiger partial charge is 0.322 e. The quantitative estimate of drug-likeness (QED) is 0.753. The van der Waals surface area contributed by atoms with Crippen LogP contribution in [-0.4, -0.2) is 48.6 Å². The topological polar surface area (TPSA) is 44.8 Å². The molecule has 3 aliphatic heterocycles. The van der Waals surface area contributed by atoms with Crippen molar-refractivity contribution in [1.29, 1.82) is 0 Å². The number of anilines is 1. The van der Waals surface area contributed by atoms with Crippen molar-refractivity contribution in [3.63, 3.8) is 0 Å². The fourth-order valence-corrected chi connectivity index (χ4v) is 5.53. The predicted octanol–water partition coefficient (Wildman–Crippen LogP) is 4.73. The molecule has 2 amide bonds. The lowest BCUT2D eigenvalue weighted by Crippen LogP contribution is -2.58. The van der Waals surface area contributed by atoms with E-state index < -0.39 is 0 Å². The first-order chi connectivity index (χ1) is 14.2. The number of hydrogen-bond donors (Lipinski definition) is 1. The summed E-state index contributed by atoms with van der Waals surface area (Å²) in [6, 6.07) is 17.1. The average Bonchev–Trinajstić information content (AvgIpc) is 2.77. The molecule has 2 aromatic carbocycles. The van der Waals surface area contributed by atoms with Crippen LogP contribution in [0.25, 0.3) is 0 Å². The number of rotatable bonds is 2. The highest BCUT2D eigenvalue weighted by atomic mass is 35.5. The molecule has 2 saturated heterocycles. The van der Waals surface area contributed by atoms with E-state index in [0.29, 0.717) is 18.0 Å². The number of benzene rings is 2. The zero-order valence-electron chi connectivity index (χ0n) is 17.4. The van der Waals surface area contributed by atoms with Crippen LogP contribution in [0.4, 0.5) is 10.5 Å². The zero-order valence-corrected chi connectivity index (χ0v) is 18.2. The van der Waals surface area contributed by atoms with Gasteiger partial charge >= 0.3 is 6.03 Å². The second-order valence-electron chi connectivity index (χ2n) is 8.52. The number of likely N-dealkylation sites (tertiary alicyclic amines) is 1. The Morgan fingerprint density at radius 1 is 1.13 bits per heavy atom. The van der Waals surface area contributed by atoms with E-state index in [0.717, 1.165) is 50.3 Å². The summed E-state index contributed by atoms with van der Waals surface area (Å²) >= 11 is 0. The van der Waals surface area contributed by atoms with Gasteiger partial charge in [-0.05, 0) is 67.0 Å².